The molecule has 0 spiro atoms. The molecule has 0 fully saturated rings. The van der Waals surface area contributed by atoms with Gasteiger partial charge >= 0.3 is 0 Å². The summed E-state index contributed by atoms with van der Waals surface area (Å²) in [6.07, 6.45) is 2.90. The Morgan fingerprint density at radius 2 is 1.84 bits per heavy atom. The van der Waals surface area contributed by atoms with Gasteiger partial charge in [-0.2, -0.15) is 5.26 Å². The van der Waals surface area contributed by atoms with Crippen molar-refractivity contribution in [2.45, 2.75) is 31.3 Å². The van der Waals surface area contributed by atoms with Crippen LogP contribution in [0.2, 0.25) is 0 Å². The topological polar surface area (TPSA) is 87.8 Å². The number of nitrogens with zero attached hydrogens (tertiary/aromatic N) is 3. The minimum Gasteiger partial charge on any atom is -0.316 e. The second kappa shape index (κ2) is 10.2. The lowest BCUT2D eigenvalue weighted by atomic mass is 10.0. The van der Waals surface area contributed by atoms with Gasteiger partial charge in [-0.15, -0.1) is 22.7 Å². The molecule has 0 radical (unpaired) electrons. The highest BCUT2D eigenvalue weighted by atomic mass is 32.2. The number of hydrogen-bond acceptors (Lipinski definition) is 7. The molecule has 1 aliphatic rings. The van der Waals surface area contributed by atoms with E-state index in [0.717, 1.165) is 40.8 Å². The lowest BCUT2D eigenvalue weighted by Gasteiger charge is -2.13. The normalized spacial score (nSPS) is 12.4. The van der Waals surface area contributed by atoms with Crippen LogP contribution in [0.1, 0.15) is 27.3 Å². The lowest BCUT2D eigenvalue weighted by molar-refractivity contribution is -0.113. The number of thiophene rings is 2. The van der Waals surface area contributed by atoms with Crippen LogP contribution in [0.4, 0.5) is 5.00 Å². The van der Waals surface area contributed by atoms with Crippen molar-refractivity contribution in [3.05, 3.63) is 91.9 Å². The van der Waals surface area contributed by atoms with Crippen LogP contribution in [0.3, 0.4) is 0 Å². The van der Waals surface area contributed by atoms with E-state index in [1.807, 2.05) is 67.6 Å². The largest absolute Gasteiger partial charge is 0.316 e. The number of hydrogen-bond donors (Lipinski definition) is 1. The summed E-state index contributed by atoms with van der Waals surface area (Å²) in [6, 6.07) is 21.5. The van der Waals surface area contributed by atoms with Crippen LogP contribution in [-0.2, 0) is 17.6 Å². The van der Waals surface area contributed by atoms with Gasteiger partial charge in [0.25, 0.3) is 5.56 Å². The first-order chi connectivity index (χ1) is 18.5. The molecule has 1 N–H and O–H groups in total. The highest BCUT2D eigenvalue weighted by Crippen LogP contribution is 2.39. The van der Waals surface area contributed by atoms with E-state index in [-0.39, 0.29) is 17.2 Å². The van der Waals surface area contributed by atoms with E-state index >= 15 is 0 Å². The summed E-state index contributed by atoms with van der Waals surface area (Å²) >= 11 is 4.21. The molecule has 3 heterocycles. The number of nitriles is 1. The Bertz CT molecular complexity index is 1780. The Labute approximate surface area is 231 Å². The second-order valence-electron chi connectivity index (χ2n) is 8.96. The third kappa shape index (κ3) is 4.35. The molecular weight excluding hydrogens is 533 g/mol. The molecule has 6 nitrogen and oxygen atoms in total. The van der Waals surface area contributed by atoms with E-state index in [1.54, 1.807) is 4.57 Å². The zero-order valence-electron chi connectivity index (χ0n) is 20.5. The van der Waals surface area contributed by atoms with Crippen molar-refractivity contribution in [1.29, 1.82) is 5.26 Å². The zero-order valence-corrected chi connectivity index (χ0v) is 22.9. The van der Waals surface area contributed by atoms with Crippen LogP contribution < -0.4 is 10.9 Å². The number of aromatic nitrogens is 2. The average molecular weight is 555 g/mol. The first-order valence-electron chi connectivity index (χ1n) is 12.2. The van der Waals surface area contributed by atoms with E-state index in [2.05, 4.69) is 11.4 Å². The molecule has 9 heteroatoms. The molecule has 0 aliphatic heterocycles. The molecule has 0 bridgehead atoms. The monoisotopic (exact) mass is 554 g/mol. The van der Waals surface area contributed by atoms with Crippen LogP contribution in [0.25, 0.3) is 27.0 Å². The van der Waals surface area contributed by atoms with Crippen LogP contribution in [0.5, 0.6) is 0 Å². The number of thioether (sulfide) groups is 1. The van der Waals surface area contributed by atoms with Crippen molar-refractivity contribution in [2.24, 2.45) is 0 Å². The highest BCUT2D eigenvalue weighted by Gasteiger charge is 2.24. The van der Waals surface area contributed by atoms with Crippen LogP contribution >= 0.6 is 34.4 Å². The molecule has 1 amide bonds. The smallest absolute Gasteiger partial charge is 0.268 e. The number of aryl methyl sites for hydroxylation is 2. The standard InChI is InChI=1S/C29H22N4O2S3/c1-17-24(18-9-4-2-5-10-18)25-27(37-17)32-29(33(28(25)35)19-11-6-3-7-12-19)36-16-23(34)31-26-21(15-30)20-13-8-14-22(20)38-26/h2-7,9-12H,8,13-14,16H2,1H3,(H,31,34). The van der Waals surface area contributed by atoms with Crippen LogP contribution in [0.15, 0.2) is 70.6 Å². The van der Waals surface area contributed by atoms with Crippen molar-refractivity contribution in [2.75, 3.05) is 11.1 Å². The number of carbonyl (C=O) groups excluding carboxylic acids is 1. The first-order valence-corrected chi connectivity index (χ1v) is 14.8. The quantitative estimate of drug-likeness (QED) is 0.189. The molecule has 0 saturated heterocycles. The second-order valence-corrected chi connectivity index (χ2v) is 12.2. The summed E-state index contributed by atoms with van der Waals surface area (Å²) in [7, 11) is 0. The summed E-state index contributed by atoms with van der Waals surface area (Å²) in [5.74, 6) is -0.165. The first kappa shape index (κ1) is 24.6. The maximum Gasteiger partial charge on any atom is 0.268 e. The summed E-state index contributed by atoms with van der Waals surface area (Å²) in [5.41, 5.74) is 4.08. The minimum absolute atomic E-state index is 0.0636. The molecule has 2 aromatic carbocycles. The molecule has 38 heavy (non-hydrogen) atoms. The number of carbonyl (C=O) groups is 1. The van der Waals surface area contributed by atoms with Gasteiger partial charge in [-0.3, -0.25) is 14.2 Å². The van der Waals surface area contributed by atoms with E-state index in [0.29, 0.717) is 31.6 Å². The summed E-state index contributed by atoms with van der Waals surface area (Å²) in [5, 5.41) is 14.2. The number of nitrogens with one attached hydrogen (secondary N) is 1. The van der Waals surface area contributed by atoms with Gasteiger partial charge in [-0.1, -0.05) is 60.3 Å². The van der Waals surface area contributed by atoms with Gasteiger partial charge in [-0.25, -0.2) is 4.98 Å². The Balaban J connectivity index is 1.37. The Morgan fingerprint density at radius 1 is 1.11 bits per heavy atom. The molecule has 1 aliphatic carbocycles. The van der Waals surface area contributed by atoms with Gasteiger partial charge in [0.05, 0.1) is 22.4 Å². The third-order valence-electron chi connectivity index (χ3n) is 6.57. The van der Waals surface area contributed by atoms with Gasteiger partial charge in [0.1, 0.15) is 15.9 Å². The fourth-order valence-corrected chi connectivity index (χ4v) is 8.05. The minimum atomic E-state index is -0.229. The van der Waals surface area contributed by atoms with E-state index < -0.39 is 0 Å². The van der Waals surface area contributed by atoms with Gasteiger partial charge in [0, 0.05) is 15.3 Å². The number of anilines is 1. The average Bonchev–Trinajstić information content (AvgIpc) is 3.61. The van der Waals surface area contributed by atoms with E-state index in [1.165, 1.54) is 39.3 Å². The van der Waals surface area contributed by atoms with Crippen LogP contribution in [-0.4, -0.2) is 21.2 Å². The van der Waals surface area contributed by atoms with Gasteiger partial charge < -0.3 is 5.32 Å². The number of amides is 1. The van der Waals surface area contributed by atoms with E-state index in [9.17, 15) is 14.9 Å². The fraction of sp³-hybridized carbons (Fsp3) is 0.172. The SMILES string of the molecule is Cc1sc2nc(SCC(=O)Nc3sc4c(c3C#N)CCC4)n(-c3ccccc3)c(=O)c2c1-c1ccccc1. The number of fused-ring (bicyclic) bond motifs is 2. The van der Waals surface area contributed by atoms with Gasteiger partial charge in [-0.05, 0) is 49.4 Å². The number of benzene rings is 2. The third-order valence-corrected chi connectivity index (χ3v) is 9.71. The Morgan fingerprint density at radius 3 is 2.58 bits per heavy atom. The molecule has 0 unspecified atom stereocenters. The Hall–Kier alpha value is -3.71. The van der Waals surface area contributed by atoms with Gasteiger partial charge in [0.2, 0.25) is 5.91 Å². The fourth-order valence-electron chi connectivity index (χ4n) is 4.90. The van der Waals surface area contributed by atoms with Crippen molar-refractivity contribution >= 4 is 55.6 Å². The highest BCUT2D eigenvalue weighted by molar-refractivity contribution is 7.99. The number of rotatable bonds is 6. The molecule has 5 aromatic rings. The summed E-state index contributed by atoms with van der Waals surface area (Å²) < 4.78 is 1.60. The molecule has 0 saturated carbocycles. The van der Waals surface area contributed by atoms with Crippen molar-refractivity contribution < 1.29 is 4.79 Å². The van der Waals surface area contributed by atoms with Crippen molar-refractivity contribution in [1.82, 2.24) is 9.55 Å². The maximum absolute atomic E-state index is 14.0. The molecule has 0 atom stereocenters. The van der Waals surface area contributed by atoms with Crippen molar-refractivity contribution in [3.8, 4) is 22.9 Å². The summed E-state index contributed by atoms with van der Waals surface area (Å²) in [6.45, 7) is 2.01. The van der Waals surface area contributed by atoms with Gasteiger partial charge in [0.15, 0.2) is 5.16 Å². The number of para-hydroxylation sites is 1. The molecule has 3 aromatic heterocycles. The predicted octanol–water partition coefficient (Wildman–Crippen LogP) is 6.58. The zero-order chi connectivity index (χ0) is 26.2. The van der Waals surface area contributed by atoms with Crippen LogP contribution in [0, 0.1) is 18.3 Å². The maximum atomic E-state index is 14.0. The molecule has 6 rings (SSSR count). The lowest BCUT2D eigenvalue weighted by Crippen LogP contribution is -2.22. The van der Waals surface area contributed by atoms with E-state index in [4.69, 9.17) is 4.98 Å². The van der Waals surface area contributed by atoms with Crippen molar-refractivity contribution in [3.63, 3.8) is 0 Å². The molecular formula is C29H22N4O2S3. The summed E-state index contributed by atoms with van der Waals surface area (Å²) in [4.78, 5) is 34.8. The molecule has 188 valence electrons. The predicted molar refractivity (Wildman–Crippen MR) is 156 cm³/mol. The Kier molecular flexibility index (Phi) is 6.62.